The maximum Gasteiger partial charge on any atom is 0.226 e. The predicted octanol–water partition coefficient (Wildman–Crippen LogP) is 2.42. The molecule has 132 valence electrons. The van der Waals surface area contributed by atoms with Gasteiger partial charge in [-0.05, 0) is 37.0 Å². The third kappa shape index (κ3) is 3.90. The van der Waals surface area contributed by atoms with E-state index in [1.54, 1.807) is 14.2 Å². The summed E-state index contributed by atoms with van der Waals surface area (Å²) >= 11 is 0. The van der Waals surface area contributed by atoms with Gasteiger partial charge in [0.25, 0.3) is 0 Å². The second-order valence-electron chi connectivity index (χ2n) is 6.79. The van der Waals surface area contributed by atoms with Gasteiger partial charge in [0, 0.05) is 33.2 Å². The fraction of sp³-hybridized carbons (Fsp3) is 0.632. The van der Waals surface area contributed by atoms with Gasteiger partial charge in [0.05, 0.1) is 25.2 Å². The third-order valence-electron chi connectivity index (χ3n) is 5.30. The second-order valence-corrected chi connectivity index (χ2v) is 6.79. The number of hydrogen-bond acceptors (Lipinski definition) is 4. The number of amides is 1. The normalized spacial score (nSPS) is 23.2. The van der Waals surface area contributed by atoms with E-state index in [-0.39, 0.29) is 17.6 Å². The smallest absolute Gasteiger partial charge is 0.226 e. The van der Waals surface area contributed by atoms with Crippen molar-refractivity contribution < 1.29 is 19.0 Å². The number of likely N-dealkylation sites (tertiary alicyclic amines) is 1. The van der Waals surface area contributed by atoms with E-state index in [2.05, 4.69) is 0 Å². The molecule has 0 bridgehead atoms. The fourth-order valence-corrected chi connectivity index (χ4v) is 3.76. The Kier molecular flexibility index (Phi) is 5.41. The Morgan fingerprint density at radius 3 is 2.83 bits per heavy atom. The highest BCUT2D eigenvalue weighted by Gasteiger charge is 2.41. The highest BCUT2D eigenvalue weighted by atomic mass is 16.5. The Bertz CT molecular complexity index is 566. The average Bonchev–Trinajstić information content (AvgIpc) is 2.62. The van der Waals surface area contributed by atoms with Gasteiger partial charge in [0.2, 0.25) is 5.91 Å². The highest BCUT2D eigenvalue weighted by molar-refractivity contribution is 5.79. The van der Waals surface area contributed by atoms with Crippen molar-refractivity contribution in [3.05, 3.63) is 29.8 Å². The Balaban J connectivity index is 1.55. The number of carbonyl (C=O) groups excluding carboxylic acids is 1. The fourth-order valence-electron chi connectivity index (χ4n) is 3.76. The first kappa shape index (κ1) is 17.2. The van der Waals surface area contributed by atoms with Crippen molar-refractivity contribution in [2.45, 2.75) is 43.8 Å². The predicted molar refractivity (Wildman–Crippen MR) is 91.2 cm³/mol. The van der Waals surface area contributed by atoms with E-state index in [0.29, 0.717) is 6.42 Å². The average molecular weight is 333 g/mol. The Labute approximate surface area is 143 Å². The molecular weight excluding hydrogens is 306 g/mol. The van der Waals surface area contributed by atoms with E-state index in [4.69, 9.17) is 14.2 Å². The SMILES string of the molecule is COc1cccc(CC(=O)N2CCC3(CC2)CC(OC)CCO3)c1. The summed E-state index contributed by atoms with van der Waals surface area (Å²) in [7, 11) is 3.42. The number of methoxy groups -OCH3 is 2. The highest BCUT2D eigenvalue weighted by Crippen LogP contribution is 2.36. The summed E-state index contributed by atoms with van der Waals surface area (Å²) in [4.78, 5) is 14.5. The minimum absolute atomic E-state index is 0.0916. The van der Waals surface area contributed by atoms with E-state index in [9.17, 15) is 4.79 Å². The van der Waals surface area contributed by atoms with Crippen molar-refractivity contribution in [2.24, 2.45) is 0 Å². The van der Waals surface area contributed by atoms with E-state index < -0.39 is 0 Å². The lowest BCUT2D eigenvalue weighted by atomic mass is 9.83. The van der Waals surface area contributed by atoms with Crippen LogP contribution in [0.1, 0.15) is 31.2 Å². The van der Waals surface area contributed by atoms with Crippen LogP contribution in [0, 0.1) is 0 Å². The molecule has 5 nitrogen and oxygen atoms in total. The molecule has 5 heteroatoms. The minimum atomic E-state index is -0.0916. The van der Waals surface area contributed by atoms with Gasteiger partial charge in [-0.25, -0.2) is 0 Å². The van der Waals surface area contributed by atoms with E-state index in [0.717, 1.165) is 56.7 Å². The molecule has 1 aromatic rings. The summed E-state index contributed by atoms with van der Waals surface area (Å²) in [6, 6.07) is 7.72. The number of benzene rings is 1. The van der Waals surface area contributed by atoms with E-state index >= 15 is 0 Å². The Hall–Kier alpha value is -1.59. The topological polar surface area (TPSA) is 48.0 Å². The van der Waals surface area contributed by atoms with Crippen molar-refractivity contribution in [1.82, 2.24) is 4.90 Å². The Morgan fingerprint density at radius 2 is 2.12 bits per heavy atom. The molecule has 1 atom stereocenters. The van der Waals surface area contributed by atoms with Crippen LogP contribution in [0.3, 0.4) is 0 Å². The number of carbonyl (C=O) groups is 1. The number of ether oxygens (including phenoxy) is 3. The third-order valence-corrected chi connectivity index (χ3v) is 5.30. The molecular formula is C19H27NO4. The molecule has 1 spiro atoms. The van der Waals surface area contributed by atoms with Gasteiger partial charge >= 0.3 is 0 Å². The van der Waals surface area contributed by atoms with Crippen LogP contribution in [0.5, 0.6) is 5.75 Å². The summed E-state index contributed by atoms with van der Waals surface area (Å²) in [6.07, 6.45) is 4.43. The molecule has 0 aromatic heterocycles. The first-order chi connectivity index (χ1) is 11.6. The second kappa shape index (κ2) is 7.53. The van der Waals surface area contributed by atoms with Crippen LogP contribution >= 0.6 is 0 Å². The monoisotopic (exact) mass is 333 g/mol. The maximum atomic E-state index is 12.6. The molecule has 2 saturated heterocycles. The van der Waals surface area contributed by atoms with Crippen molar-refractivity contribution in [2.75, 3.05) is 33.9 Å². The van der Waals surface area contributed by atoms with Crippen LogP contribution in [0.25, 0.3) is 0 Å². The number of hydrogen-bond donors (Lipinski definition) is 0. The standard InChI is InChI=1S/C19H27NO4/c1-22-16-5-3-4-15(12-16)13-18(21)20-9-7-19(8-10-20)14-17(23-2)6-11-24-19/h3-5,12,17H,6-11,13-14H2,1-2H3. The van der Waals surface area contributed by atoms with Crippen molar-refractivity contribution >= 4 is 5.91 Å². The molecule has 2 aliphatic heterocycles. The summed E-state index contributed by atoms with van der Waals surface area (Å²) in [6.45, 7) is 2.29. The minimum Gasteiger partial charge on any atom is -0.497 e. The summed E-state index contributed by atoms with van der Waals surface area (Å²) < 4.78 is 16.8. The number of rotatable bonds is 4. The quantitative estimate of drug-likeness (QED) is 0.849. The van der Waals surface area contributed by atoms with Gasteiger partial charge in [-0.3, -0.25) is 4.79 Å². The molecule has 1 amide bonds. The first-order valence-corrected chi connectivity index (χ1v) is 8.71. The van der Waals surface area contributed by atoms with Crippen molar-refractivity contribution in [3.8, 4) is 5.75 Å². The molecule has 1 unspecified atom stereocenters. The molecule has 2 aliphatic rings. The van der Waals surface area contributed by atoms with E-state index in [1.165, 1.54) is 0 Å². The van der Waals surface area contributed by atoms with Gasteiger partial charge in [0.15, 0.2) is 0 Å². The molecule has 2 heterocycles. The molecule has 0 N–H and O–H groups in total. The molecule has 1 aromatic carbocycles. The van der Waals surface area contributed by atoms with Crippen LogP contribution in [0.2, 0.25) is 0 Å². The summed E-state index contributed by atoms with van der Waals surface area (Å²) in [5, 5.41) is 0. The van der Waals surface area contributed by atoms with Crippen LogP contribution < -0.4 is 4.74 Å². The lowest BCUT2D eigenvalue weighted by Crippen LogP contribution is -2.52. The van der Waals surface area contributed by atoms with Gasteiger partial charge in [-0.2, -0.15) is 0 Å². The van der Waals surface area contributed by atoms with E-state index in [1.807, 2.05) is 29.2 Å². The van der Waals surface area contributed by atoms with Crippen molar-refractivity contribution in [1.29, 1.82) is 0 Å². The van der Waals surface area contributed by atoms with Gasteiger partial charge < -0.3 is 19.1 Å². The first-order valence-electron chi connectivity index (χ1n) is 8.71. The molecule has 0 radical (unpaired) electrons. The molecule has 3 rings (SSSR count). The zero-order valence-corrected chi connectivity index (χ0v) is 14.6. The molecule has 0 aliphatic carbocycles. The van der Waals surface area contributed by atoms with Gasteiger partial charge in [-0.1, -0.05) is 12.1 Å². The van der Waals surface area contributed by atoms with Crippen molar-refractivity contribution in [3.63, 3.8) is 0 Å². The van der Waals surface area contributed by atoms with Crippen LogP contribution in [0.4, 0.5) is 0 Å². The lowest BCUT2D eigenvalue weighted by molar-refractivity contribution is -0.157. The largest absolute Gasteiger partial charge is 0.497 e. The molecule has 2 fully saturated rings. The lowest BCUT2D eigenvalue weighted by Gasteiger charge is -2.45. The number of piperidine rings is 1. The van der Waals surface area contributed by atoms with Gasteiger partial charge in [-0.15, -0.1) is 0 Å². The van der Waals surface area contributed by atoms with Crippen LogP contribution in [-0.2, 0) is 20.7 Å². The van der Waals surface area contributed by atoms with Crippen LogP contribution in [-0.4, -0.2) is 56.4 Å². The zero-order chi connectivity index (χ0) is 17.0. The maximum absolute atomic E-state index is 12.6. The molecule has 24 heavy (non-hydrogen) atoms. The summed E-state index contributed by atoms with van der Waals surface area (Å²) in [5.74, 6) is 0.969. The zero-order valence-electron chi connectivity index (χ0n) is 14.6. The summed E-state index contributed by atoms with van der Waals surface area (Å²) in [5.41, 5.74) is 0.902. The molecule has 0 saturated carbocycles. The van der Waals surface area contributed by atoms with Crippen LogP contribution in [0.15, 0.2) is 24.3 Å². The van der Waals surface area contributed by atoms with Gasteiger partial charge in [0.1, 0.15) is 5.75 Å². The number of nitrogens with zero attached hydrogens (tertiary/aromatic N) is 1. The Morgan fingerprint density at radius 1 is 1.33 bits per heavy atom.